The fourth-order valence-electron chi connectivity index (χ4n) is 4.97. The van der Waals surface area contributed by atoms with Gasteiger partial charge in [0.15, 0.2) is 0 Å². The van der Waals surface area contributed by atoms with Gasteiger partial charge >= 0.3 is 0 Å². The maximum absolute atomic E-state index is 13.4. The average Bonchev–Trinajstić information content (AvgIpc) is 2.65. The minimum atomic E-state index is -0.177. The van der Waals surface area contributed by atoms with Crippen molar-refractivity contribution < 1.29 is 9.59 Å². The van der Waals surface area contributed by atoms with Gasteiger partial charge in [0, 0.05) is 45.5 Å². The number of piperidine rings is 2. The van der Waals surface area contributed by atoms with Crippen LogP contribution < -0.4 is 5.73 Å². The first-order valence-electron chi connectivity index (χ1n) is 9.17. The molecule has 2 aromatic rings. The van der Waals surface area contributed by atoms with Gasteiger partial charge in [-0.1, -0.05) is 12.1 Å². The number of halogens is 1. The zero-order valence-corrected chi connectivity index (χ0v) is 16.0. The Morgan fingerprint density at radius 1 is 1.08 bits per heavy atom. The van der Waals surface area contributed by atoms with E-state index >= 15 is 0 Å². The predicted molar refractivity (Wildman–Crippen MR) is 104 cm³/mol. The Morgan fingerprint density at radius 3 is 2.73 bits per heavy atom. The summed E-state index contributed by atoms with van der Waals surface area (Å²) in [5.74, 6) is 0.0330. The molecule has 134 valence electrons. The normalized spacial score (nSPS) is 27.9. The van der Waals surface area contributed by atoms with Crippen molar-refractivity contribution in [3.63, 3.8) is 0 Å². The summed E-state index contributed by atoms with van der Waals surface area (Å²) < 4.78 is 0.701. The van der Waals surface area contributed by atoms with Crippen molar-refractivity contribution in [2.45, 2.75) is 25.3 Å². The molecule has 3 atom stereocenters. The largest absolute Gasteiger partial charge is 0.397 e. The molecule has 26 heavy (non-hydrogen) atoms. The van der Waals surface area contributed by atoms with Gasteiger partial charge in [-0.3, -0.25) is 14.5 Å². The van der Waals surface area contributed by atoms with E-state index in [1.807, 2.05) is 18.2 Å². The van der Waals surface area contributed by atoms with Gasteiger partial charge in [0.2, 0.25) is 0 Å². The molecule has 0 spiro atoms. The number of carbonyl (C=O) groups is 2. The van der Waals surface area contributed by atoms with Crippen LogP contribution in [-0.2, 0) is 0 Å². The number of rotatable bonds is 1. The van der Waals surface area contributed by atoms with E-state index in [1.165, 1.54) is 0 Å². The van der Waals surface area contributed by atoms with Gasteiger partial charge in [0.05, 0.1) is 5.69 Å². The lowest BCUT2D eigenvalue weighted by Crippen LogP contribution is -2.57. The quantitative estimate of drug-likeness (QED) is 0.575. The predicted octanol–water partition coefficient (Wildman–Crippen LogP) is 3.26. The Kier molecular flexibility index (Phi) is 3.62. The number of nitrogens with zero attached hydrogens (tertiary/aromatic N) is 2. The molecule has 5 rings (SSSR count). The first-order chi connectivity index (χ1) is 12.6. The highest BCUT2D eigenvalue weighted by Crippen LogP contribution is 2.40. The van der Waals surface area contributed by atoms with Gasteiger partial charge in [-0.05, 0) is 59.8 Å². The summed E-state index contributed by atoms with van der Waals surface area (Å²) in [6, 6.07) is 7.30. The van der Waals surface area contributed by atoms with Crippen LogP contribution in [0, 0.1) is 5.92 Å². The van der Waals surface area contributed by atoms with Crippen molar-refractivity contribution in [2.24, 2.45) is 5.92 Å². The molecule has 2 fully saturated rings. The lowest BCUT2D eigenvalue weighted by atomic mass is 9.82. The number of amides is 2. The Balaban J connectivity index is 1.66. The third-order valence-corrected chi connectivity index (χ3v) is 6.87. The summed E-state index contributed by atoms with van der Waals surface area (Å²) in [5, 5.41) is 1.46. The summed E-state index contributed by atoms with van der Waals surface area (Å²) in [7, 11) is 0. The van der Waals surface area contributed by atoms with E-state index in [-0.39, 0.29) is 17.9 Å². The molecule has 3 heterocycles. The average molecular weight is 414 g/mol. The van der Waals surface area contributed by atoms with Crippen LogP contribution in [0.3, 0.4) is 0 Å². The highest BCUT2D eigenvalue weighted by atomic mass is 79.9. The fraction of sp³-hybridized carbons (Fsp3) is 0.400. The molecule has 0 aromatic heterocycles. The van der Waals surface area contributed by atoms with E-state index in [4.69, 9.17) is 5.73 Å². The molecule has 2 amide bonds. The van der Waals surface area contributed by atoms with Crippen molar-refractivity contribution in [3.8, 4) is 0 Å². The summed E-state index contributed by atoms with van der Waals surface area (Å²) in [4.78, 5) is 30.7. The topological polar surface area (TPSA) is 66.6 Å². The molecule has 3 unspecified atom stereocenters. The number of nitrogens with two attached hydrogens (primary N) is 1. The van der Waals surface area contributed by atoms with Gasteiger partial charge in [-0.15, -0.1) is 0 Å². The molecule has 2 N–H and O–H groups in total. The zero-order chi connectivity index (χ0) is 18.0. The maximum atomic E-state index is 13.4. The van der Waals surface area contributed by atoms with Crippen molar-refractivity contribution in [1.29, 1.82) is 0 Å². The van der Waals surface area contributed by atoms with Crippen LogP contribution >= 0.6 is 15.9 Å². The lowest BCUT2D eigenvalue weighted by Gasteiger charge is -2.47. The van der Waals surface area contributed by atoms with Crippen molar-refractivity contribution in [2.75, 3.05) is 25.4 Å². The number of fused-ring (bicyclic) bond motifs is 2. The summed E-state index contributed by atoms with van der Waals surface area (Å²) in [6.45, 7) is 3.09. The van der Waals surface area contributed by atoms with Gasteiger partial charge in [0.25, 0.3) is 11.8 Å². The third-order valence-electron chi connectivity index (χ3n) is 6.21. The lowest BCUT2D eigenvalue weighted by molar-refractivity contribution is 0.0211. The van der Waals surface area contributed by atoms with Crippen LogP contribution in [0.1, 0.15) is 40.0 Å². The minimum Gasteiger partial charge on any atom is -0.397 e. The van der Waals surface area contributed by atoms with Gasteiger partial charge in [-0.2, -0.15) is 0 Å². The van der Waals surface area contributed by atoms with Crippen LogP contribution in [0.15, 0.2) is 28.7 Å². The number of nitrogen functional groups attached to an aromatic ring is 1. The van der Waals surface area contributed by atoms with E-state index in [1.54, 1.807) is 11.0 Å². The van der Waals surface area contributed by atoms with Crippen molar-refractivity contribution in [1.82, 2.24) is 9.80 Å². The summed E-state index contributed by atoms with van der Waals surface area (Å²) in [5.41, 5.74) is 7.92. The highest BCUT2D eigenvalue weighted by molar-refractivity contribution is 9.10. The molecule has 6 heteroatoms. The first kappa shape index (κ1) is 16.3. The van der Waals surface area contributed by atoms with Crippen LogP contribution in [0.5, 0.6) is 0 Å². The molecule has 0 saturated carbocycles. The molecule has 2 aromatic carbocycles. The Morgan fingerprint density at radius 2 is 1.88 bits per heavy atom. The molecule has 2 bridgehead atoms. The van der Waals surface area contributed by atoms with E-state index in [0.29, 0.717) is 32.6 Å². The SMILES string of the molecule is Nc1c(Br)cc2c3c(cccc13)C(=O)N(C1CCN3CCCC1C3)C2=O. The van der Waals surface area contributed by atoms with E-state index in [0.717, 1.165) is 44.3 Å². The first-order valence-corrected chi connectivity index (χ1v) is 9.96. The zero-order valence-electron chi connectivity index (χ0n) is 14.4. The van der Waals surface area contributed by atoms with Crippen molar-refractivity contribution >= 4 is 44.2 Å². The highest BCUT2D eigenvalue weighted by Gasteiger charge is 2.43. The molecule has 3 aliphatic rings. The number of imide groups is 1. The van der Waals surface area contributed by atoms with E-state index in [9.17, 15) is 9.59 Å². The third kappa shape index (κ3) is 2.18. The second kappa shape index (κ2) is 5.79. The van der Waals surface area contributed by atoms with Crippen molar-refractivity contribution in [3.05, 3.63) is 39.9 Å². The molecule has 5 nitrogen and oxygen atoms in total. The number of carbonyl (C=O) groups excluding carboxylic acids is 2. The maximum Gasteiger partial charge on any atom is 0.261 e. The Bertz CT molecular complexity index is 958. The van der Waals surface area contributed by atoms with Crippen LogP contribution in [-0.4, -0.2) is 47.3 Å². The number of anilines is 1. The van der Waals surface area contributed by atoms with E-state index in [2.05, 4.69) is 20.8 Å². The second-order valence-electron chi connectivity index (χ2n) is 7.59. The second-order valence-corrected chi connectivity index (χ2v) is 8.44. The summed E-state index contributed by atoms with van der Waals surface area (Å²) >= 11 is 3.47. The number of benzene rings is 2. The van der Waals surface area contributed by atoms with Gasteiger partial charge < -0.3 is 10.6 Å². The number of hydrogen-bond donors (Lipinski definition) is 1. The molecular formula is C20H20BrN3O2. The van der Waals surface area contributed by atoms with Crippen LogP contribution in [0.25, 0.3) is 10.8 Å². The minimum absolute atomic E-state index is 0.00807. The van der Waals surface area contributed by atoms with Crippen LogP contribution in [0.2, 0.25) is 0 Å². The monoisotopic (exact) mass is 413 g/mol. The molecular weight excluding hydrogens is 394 g/mol. The smallest absolute Gasteiger partial charge is 0.261 e. The van der Waals surface area contributed by atoms with Gasteiger partial charge in [-0.25, -0.2) is 0 Å². The summed E-state index contributed by atoms with van der Waals surface area (Å²) in [6.07, 6.45) is 3.09. The van der Waals surface area contributed by atoms with E-state index < -0.39 is 0 Å². The fourth-order valence-corrected chi connectivity index (χ4v) is 5.41. The standard InChI is InChI=1S/C20H20BrN3O2/c21-15-9-14-17-12(18(15)22)4-1-5-13(17)19(25)24(20(14)26)16-6-8-23-7-2-3-11(16)10-23/h1,4-5,9,11,16H,2-3,6-8,10,22H2. The molecule has 2 saturated heterocycles. The number of hydrogen-bond acceptors (Lipinski definition) is 4. The molecule has 3 aliphatic heterocycles. The van der Waals surface area contributed by atoms with Crippen LogP contribution in [0.4, 0.5) is 5.69 Å². The molecule has 0 aliphatic carbocycles. The Hall–Kier alpha value is -1.92. The molecule has 0 radical (unpaired) electrons. The Labute approximate surface area is 160 Å². The van der Waals surface area contributed by atoms with Gasteiger partial charge in [0.1, 0.15) is 0 Å².